The smallest absolute Gasteiger partial charge is 0.0657 e. The summed E-state index contributed by atoms with van der Waals surface area (Å²) in [6, 6.07) is 79.7. The summed E-state index contributed by atoms with van der Waals surface area (Å²) in [6.45, 7) is 2.37. The summed E-state index contributed by atoms with van der Waals surface area (Å²) in [4.78, 5) is 5.00. The van der Waals surface area contributed by atoms with Crippen molar-refractivity contribution in [2.24, 2.45) is 5.92 Å². The summed E-state index contributed by atoms with van der Waals surface area (Å²) < 4.78 is 0. The predicted octanol–water partition coefficient (Wildman–Crippen LogP) is 17.1. The second-order valence-electron chi connectivity index (χ2n) is 17.3. The van der Waals surface area contributed by atoms with Crippen LogP contribution in [0.2, 0.25) is 0 Å². The van der Waals surface area contributed by atoms with Gasteiger partial charge in [0.25, 0.3) is 0 Å². The molecule has 312 valence electrons. The zero-order chi connectivity index (χ0) is 43.5. The van der Waals surface area contributed by atoms with E-state index in [0.29, 0.717) is 0 Å². The van der Waals surface area contributed by atoms with Crippen LogP contribution in [0.3, 0.4) is 0 Å². The molecule has 0 saturated carbocycles. The first-order valence-electron chi connectivity index (χ1n) is 22.9. The maximum atomic E-state index is 2.53. The number of benzene rings is 9. The maximum Gasteiger partial charge on any atom is 0.0657 e. The van der Waals surface area contributed by atoms with Crippen LogP contribution in [0, 0.1) is 5.92 Å². The van der Waals surface area contributed by atoms with Gasteiger partial charge in [-0.15, -0.1) is 0 Å². The van der Waals surface area contributed by atoms with Gasteiger partial charge in [0.05, 0.1) is 5.70 Å². The minimum absolute atomic E-state index is 0.270. The van der Waals surface area contributed by atoms with Crippen molar-refractivity contribution in [3.63, 3.8) is 0 Å². The Hall–Kier alpha value is -7.94. The zero-order valence-electron chi connectivity index (χ0n) is 36.6. The molecule has 0 N–H and O–H groups in total. The van der Waals surface area contributed by atoms with Gasteiger partial charge in [-0.1, -0.05) is 201 Å². The molecule has 2 aliphatic rings. The summed E-state index contributed by atoms with van der Waals surface area (Å²) in [6.07, 6.45) is 13.8. The highest BCUT2D eigenvalue weighted by molar-refractivity contribution is 5.88. The van der Waals surface area contributed by atoms with E-state index in [9.17, 15) is 0 Å². The molecule has 0 fully saturated rings. The van der Waals surface area contributed by atoms with Gasteiger partial charge in [0.1, 0.15) is 0 Å². The van der Waals surface area contributed by atoms with Crippen molar-refractivity contribution in [1.82, 2.24) is 0 Å². The fourth-order valence-electron chi connectivity index (χ4n) is 9.78. The van der Waals surface area contributed by atoms with Crippen LogP contribution < -0.4 is 9.80 Å². The van der Waals surface area contributed by atoms with Crippen molar-refractivity contribution in [3.8, 4) is 33.4 Å². The molecule has 2 heteroatoms. The molecule has 2 aliphatic carbocycles. The number of rotatable bonds is 10. The molecule has 0 heterocycles. The molecule has 9 aromatic rings. The Balaban J connectivity index is 1.04. The summed E-state index contributed by atoms with van der Waals surface area (Å²) in [7, 11) is 0. The molecular formula is C63H50N2. The fourth-order valence-corrected chi connectivity index (χ4v) is 9.78. The topological polar surface area (TPSA) is 6.48 Å². The minimum atomic E-state index is 0.270. The van der Waals surface area contributed by atoms with Gasteiger partial charge in [0, 0.05) is 34.4 Å². The summed E-state index contributed by atoms with van der Waals surface area (Å²) in [5, 5.41) is 5.06. The largest absolute Gasteiger partial charge is 0.312 e. The number of anilines is 3. The van der Waals surface area contributed by atoms with Crippen molar-refractivity contribution >= 4 is 38.6 Å². The fraction of sp³-hybridized carbons (Fsp3) is 0.0794. The predicted molar refractivity (Wildman–Crippen MR) is 276 cm³/mol. The minimum Gasteiger partial charge on any atom is -0.312 e. The number of hydrogen-bond acceptors (Lipinski definition) is 2. The Labute approximate surface area is 383 Å². The molecule has 2 unspecified atom stereocenters. The van der Waals surface area contributed by atoms with Gasteiger partial charge in [0.2, 0.25) is 0 Å². The Kier molecular flexibility index (Phi) is 10.8. The first-order valence-corrected chi connectivity index (χ1v) is 22.9. The first-order chi connectivity index (χ1) is 32.1. The molecule has 9 aromatic carbocycles. The summed E-state index contributed by atoms with van der Waals surface area (Å²) in [5.41, 5.74) is 15.6. The van der Waals surface area contributed by atoms with Gasteiger partial charge in [-0.3, -0.25) is 0 Å². The molecule has 0 aliphatic heterocycles. The van der Waals surface area contributed by atoms with E-state index in [4.69, 9.17) is 0 Å². The summed E-state index contributed by atoms with van der Waals surface area (Å²) >= 11 is 0. The second-order valence-corrected chi connectivity index (χ2v) is 17.3. The highest BCUT2D eigenvalue weighted by atomic mass is 15.2. The molecule has 0 bridgehead atoms. The van der Waals surface area contributed by atoms with Crippen LogP contribution >= 0.6 is 0 Å². The molecule has 2 nitrogen and oxygen atoms in total. The standard InChI is InChI=1S/C63H50N2/c1-45-42-60(40-41-61(45)56-27-25-49-19-9-11-21-54(49)44-56)65(59-36-30-51(31-37-59)47-16-6-3-7-17-47)63-23-13-12-22-62(63)64(57-34-28-50(29-35-57)46-14-4-2-5-15-46)58-38-32-52(33-39-58)55-26-24-48-18-8-10-20-53(48)43-55/h2-12,14-22,24-45,61H,13,23H2,1H3. The number of allylic oxidation sites excluding steroid dienone is 6. The average molecular weight is 835 g/mol. The number of nitrogens with zero attached hydrogens (tertiary/aromatic N) is 2. The van der Waals surface area contributed by atoms with Gasteiger partial charge >= 0.3 is 0 Å². The number of hydrogen-bond donors (Lipinski definition) is 0. The highest BCUT2D eigenvalue weighted by Crippen LogP contribution is 2.43. The van der Waals surface area contributed by atoms with E-state index in [2.05, 4.69) is 265 Å². The van der Waals surface area contributed by atoms with Crippen molar-refractivity contribution in [3.05, 3.63) is 271 Å². The molecule has 11 rings (SSSR count). The van der Waals surface area contributed by atoms with Crippen LogP contribution in [0.4, 0.5) is 17.1 Å². The van der Waals surface area contributed by atoms with Gasteiger partial charge in [-0.2, -0.15) is 0 Å². The SMILES string of the molecule is CC1C=C(N(C2=C(N(c3ccc(-c4ccccc4)cc3)c3ccc(-c4ccc5ccccc5c4)cc3)C=CCC2)c2ccc(-c3ccccc3)cc2)C=CC1c1ccc2ccccc2c1. The molecule has 2 atom stereocenters. The second kappa shape index (κ2) is 17.7. The van der Waals surface area contributed by atoms with Gasteiger partial charge < -0.3 is 9.80 Å². The third-order valence-corrected chi connectivity index (χ3v) is 13.2. The highest BCUT2D eigenvalue weighted by Gasteiger charge is 2.28. The van der Waals surface area contributed by atoms with Gasteiger partial charge in [-0.05, 0) is 134 Å². The third-order valence-electron chi connectivity index (χ3n) is 13.2. The van der Waals surface area contributed by atoms with E-state index in [1.54, 1.807) is 0 Å². The molecule has 0 saturated heterocycles. The lowest BCUT2D eigenvalue weighted by molar-refractivity contribution is 0.627. The number of fused-ring (bicyclic) bond motifs is 2. The molecule has 0 aromatic heterocycles. The lowest BCUT2D eigenvalue weighted by Crippen LogP contribution is -2.30. The van der Waals surface area contributed by atoms with Crippen molar-refractivity contribution in [2.75, 3.05) is 9.80 Å². The van der Waals surface area contributed by atoms with E-state index >= 15 is 0 Å². The Morgan fingerprint density at radius 1 is 0.400 bits per heavy atom. The third kappa shape index (κ3) is 8.12. The van der Waals surface area contributed by atoms with E-state index < -0.39 is 0 Å². The van der Waals surface area contributed by atoms with Crippen LogP contribution in [-0.2, 0) is 0 Å². The molecule has 0 amide bonds. The normalized spacial score (nSPS) is 15.9. The van der Waals surface area contributed by atoms with E-state index in [0.717, 1.165) is 35.6 Å². The van der Waals surface area contributed by atoms with E-state index in [-0.39, 0.29) is 11.8 Å². The van der Waals surface area contributed by atoms with E-state index in [1.165, 1.54) is 71.9 Å². The Morgan fingerprint density at radius 2 is 0.862 bits per heavy atom. The monoisotopic (exact) mass is 834 g/mol. The van der Waals surface area contributed by atoms with Crippen LogP contribution in [0.15, 0.2) is 266 Å². The Bertz CT molecular complexity index is 3250. The average Bonchev–Trinajstić information content (AvgIpc) is 3.38. The molecule has 0 spiro atoms. The molecular weight excluding hydrogens is 785 g/mol. The van der Waals surface area contributed by atoms with Crippen molar-refractivity contribution in [2.45, 2.75) is 25.7 Å². The van der Waals surface area contributed by atoms with Gasteiger partial charge in [-0.25, -0.2) is 0 Å². The van der Waals surface area contributed by atoms with Crippen LogP contribution in [0.25, 0.3) is 54.9 Å². The van der Waals surface area contributed by atoms with Crippen molar-refractivity contribution < 1.29 is 0 Å². The quantitative estimate of drug-likeness (QED) is 0.135. The van der Waals surface area contributed by atoms with Crippen LogP contribution in [0.5, 0.6) is 0 Å². The van der Waals surface area contributed by atoms with Crippen molar-refractivity contribution in [1.29, 1.82) is 0 Å². The van der Waals surface area contributed by atoms with Crippen LogP contribution in [0.1, 0.15) is 31.2 Å². The summed E-state index contributed by atoms with van der Waals surface area (Å²) in [5.74, 6) is 0.542. The van der Waals surface area contributed by atoms with Crippen LogP contribution in [-0.4, -0.2) is 0 Å². The van der Waals surface area contributed by atoms with Gasteiger partial charge in [0.15, 0.2) is 0 Å². The Morgan fingerprint density at radius 3 is 1.43 bits per heavy atom. The lowest BCUT2D eigenvalue weighted by atomic mass is 9.82. The molecule has 0 radical (unpaired) electrons. The lowest BCUT2D eigenvalue weighted by Gasteiger charge is -2.38. The molecule has 65 heavy (non-hydrogen) atoms. The van der Waals surface area contributed by atoms with E-state index in [1.807, 2.05) is 0 Å². The zero-order valence-corrected chi connectivity index (χ0v) is 36.6. The maximum absolute atomic E-state index is 2.53. The first kappa shape index (κ1) is 39.9.